The summed E-state index contributed by atoms with van der Waals surface area (Å²) in [4.78, 5) is 28.7. The van der Waals surface area contributed by atoms with Crippen LogP contribution in [0.25, 0.3) is 5.65 Å². The van der Waals surface area contributed by atoms with Crippen LogP contribution >= 0.6 is 11.6 Å². The predicted octanol–water partition coefficient (Wildman–Crippen LogP) is 1.22. The molecule has 2 aromatic heterocycles. The van der Waals surface area contributed by atoms with Crippen LogP contribution in [0.3, 0.4) is 0 Å². The van der Waals surface area contributed by atoms with Gasteiger partial charge in [-0.25, -0.2) is 23.3 Å². The molecular formula is C17H14ClFN6O2. The molecule has 8 nitrogen and oxygen atoms in total. The van der Waals surface area contributed by atoms with Crippen LogP contribution in [0.5, 0.6) is 0 Å². The number of nitrogens with zero attached hydrogens (tertiary/aromatic N) is 4. The molecule has 3 rings (SSSR count). The molecule has 0 unspecified atom stereocenters. The number of aromatic nitrogens is 4. The van der Waals surface area contributed by atoms with E-state index in [0.717, 1.165) is 10.7 Å². The summed E-state index contributed by atoms with van der Waals surface area (Å²) in [6, 6.07) is 3.13. The Hall–Kier alpha value is -3.38. The minimum Gasteiger partial charge on any atom is -0.370 e. The van der Waals surface area contributed by atoms with Crippen LogP contribution < -0.4 is 16.3 Å². The van der Waals surface area contributed by atoms with Gasteiger partial charge in [0.1, 0.15) is 18.4 Å². The van der Waals surface area contributed by atoms with Crippen LogP contribution in [0.2, 0.25) is 5.02 Å². The van der Waals surface area contributed by atoms with Gasteiger partial charge in [-0.1, -0.05) is 23.6 Å². The summed E-state index contributed by atoms with van der Waals surface area (Å²) in [5.74, 6) is 1.56. The first kappa shape index (κ1) is 18.4. The second kappa shape index (κ2) is 7.47. The molecule has 0 saturated carbocycles. The molecule has 0 aliphatic rings. The van der Waals surface area contributed by atoms with E-state index < -0.39 is 23.5 Å². The summed E-state index contributed by atoms with van der Waals surface area (Å²) in [5.41, 5.74) is 0.136. The first-order chi connectivity index (χ1) is 12.9. The lowest BCUT2D eigenvalue weighted by molar-refractivity contribution is -0.122. The van der Waals surface area contributed by atoms with Gasteiger partial charge in [0.25, 0.3) is 0 Å². The molecule has 2 N–H and O–H groups in total. The van der Waals surface area contributed by atoms with E-state index in [-0.39, 0.29) is 17.2 Å². The number of terminal acetylenes is 1. The molecule has 27 heavy (non-hydrogen) atoms. The maximum absolute atomic E-state index is 13.6. The summed E-state index contributed by atoms with van der Waals surface area (Å²) in [6.07, 6.45) is 8.32. The van der Waals surface area contributed by atoms with Crippen LogP contribution in [-0.4, -0.2) is 32.1 Å². The zero-order chi connectivity index (χ0) is 19.6. The molecule has 0 radical (unpaired) electrons. The van der Waals surface area contributed by atoms with Crippen LogP contribution in [0.4, 0.5) is 10.2 Å². The summed E-state index contributed by atoms with van der Waals surface area (Å²) in [5, 5.41) is 9.43. The largest absolute Gasteiger partial charge is 0.370 e. The quantitative estimate of drug-likeness (QED) is 0.641. The minimum atomic E-state index is -0.883. The Morgan fingerprint density at radius 2 is 2.26 bits per heavy atom. The molecule has 0 spiro atoms. The Morgan fingerprint density at radius 3 is 2.93 bits per heavy atom. The molecule has 138 valence electrons. The lowest BCUT2D eigenvalue weighted by atomic mass is 10.1. The number of hydrogen-bond donors (Lipinski definition) is 2. The average Bonchev–Trinajstić information content (AvgIpc) is 2.98. The molecule has 2 heterocycles. The van der Waals surface area contributed by atoms with Gasteiger partial charge in [0.05, 0.1) is 5.02 Å². The number of anilines is 1. The van der Waals surface area contributed by atoms with Crippen molar-refractivity contribution >= 4 is 29.0 Å². The van der Waals surface area contributed by atoms with Crippen LogP contribution in [0.15, 0.2) is 35.4 Å². The van der Waals surface area contributed by atoms with E-state index in [1.807, 2.05) is 0 Å². The molecule has 0 aliphatic carbocycles. The molecule has 0 saturated heterocycles. The van der Waals surface area contributed by atoms with Gasteiger partial charge < -0.3 is 10.6 Å². The number of nitrogens with one attached hydrogen (secondary N) is 2. The highest BCUT2D eigenvalue weighted by Gasteiger charge is 2.17. The van der Waals surface area contributed by atoms with Crippen LogP contribution in [0.1, 0.15) is 11.6 Å². The van der Waals surface area contributed by atoms with Gasteiger partial charge in [-0.3, -0.25) is 4.79 Å². The molecule has 0 bridgehead atoms. The third kappa shape index (κ3) is 3.61. The number of benzene rings is 1. The monoisotopic (exact) mass is 388 g/mol. The first-order valence-electron chi connectivity index (χ1n) is 7.77. The molecule has 10 heteroatoms. The third-order valence-electron chi connectivity index (χ3n) is 3.78. The molecule has 1 atom stereocenters. The first-order valence-corrected chi connectivity index (χ1v) is 8.14. The van der Waals surface area contributed by atoms with Crippen LogP contribution in [-0.2, 0) is 11.3 Å². The van der Waals surface area contributed by atoms with Gasteiger partial charge in [0.15, 0.2) is 5.82 Å². The van der Waals surface area contributed by atoms with E-state index in [4.69, 9.17) is 18.0 Å². The van der Waals surface area contributed by atoms with E-state index >= 15 is 0 Å². The van der Waals surface area contributed by atoms with Crippen molar-refractivity contribution in [2.45, 2.75) is 12.6 Å². The summed E-state index contributed by atoms with van der Waals surface area (Å²) in [7, 11) is 1.64. The van der Waals surface area contributed by atoms with E-state index in [1.54, 1.807) is 7.05 Å². The third-order valence-corrected chi connectivity index (χ3v) is 4.09. The van der Waals surface area contributed by atoms with Crippen molar-refractivity contribution in [3.05, 3.63) is 57.5 Å². The highest BCUT2D eigenvalue weighted by molar-refractivity contribution is 6.30. The lowest BCUT2D eigenvalue weighted by Gasteiger charge is -2.13. The second-order valence-electron chi connectivity index (χ2n) is 5.50. The normalized spacial score (nSPS) is 11.8. The van der Waals surface area contributed by atoms with E-state index in [2.05, 4.69) is 26.6 Å². The summed E-state index contributed by atoms with van der Waals surface area (Å²) >= 11 is 5.65. The zero-order valence-corrected chi connectivity index (χ0v) is 14.9. The Balaban J connectivity index is 1.82. The lowest BCUT2D eigenvalue weighted by Crippen LogP contribution is -2.34. The van der Waals surface area contributed by atoms with Crippen molar-refractivity contribution in [3.8, 4) is 12.3 Å². The molecule has 1 aromatic carbocycles. The second-order valence-corrected chi connectivity index (χ2v) is 5.91. The zero-order valence-electron chi connectivity index (χ0n) is 14.1. The number of fused-ring (bicyclic) bond motifs is 1. The van der Waals surface area contributed by atoms with Gasteiger partial charge in [-0.15, -0.1) is 11.5 Å². The fourth-order valence-electron chi connectivity index (χ4n) is 2.48. The standard InChI is InChI=1S/C17H14ClFN6O2/c1-3-13(10-4-5-11(18)12(19)8-10)22-14(26)9-25-17(27)24-7-6-21-15(20-2)16(24)23-25/h1,4-8,13H,9H2,2H3,(H,20,21)(H,22,26)/t13-/m0/s1. The molecule has 3 aromatic rings. The molecule has 0 aliphatic heterocycles. The molecule has 1 amide bonds. The Kier molecular flexibility index (Phi) is 5.09. The maximum Gasteiger partial charge on any atom is 0.350 e. The van der Waals surface area contributed by atoms with Crippen molar-refractivity contribution in [1.82, 2.24) is 24.5 Å². The topological polar surface area (TPSA) is 93.3 Å². The molecule has 0 fully saturated rings. The SMILES string of the molecule is C#C[C@H](NC(=O)Cn1nc2c(NC)nccn2c1=O)c1ccc(Cl)c(F)c1. The number of hydrogen-bond acceptors (Lipinski definition) is 5. The van der Waals surface area contributed by atoms with E-state index in [9.17, 15) is 14.0 Å². The number of carbonyl (C=O) groups excluding carboxylic acids is 1. The number of halogens is 2. The highest BCUT2D eigenvalue weighted by Crippen LogP contribution is 2.20. The Labute approximate surface area is 158 Å². The Bertz CT molecular complexity index is 1120. The van der Waals surface area contributed by atoms with Crippen molar-refractivity contribution in [3.63, 3.8) is 0 Å². The fraction of sp³-hybridized carbons (Fsp3) is 0.176. The van der Waals surface area contributed by atoms with Crippen molar-refractivity contribution < 1.29 is 9.18 Å². The fourth-order valence-corrected chi connectivity index (χ4v) is 2.60. The van der Waals surface area contributed by atoms with Gasteiger partial charge in [0.2, 0.25) is 11.6 Å². The number of amides is 1. The van der Waals surface area contributed by atoms with Gasteiger partial charge in [0, 0.05) is 19.4 Å². The van der Waals surface area contributed by atoms with Crippen LogP contribution in [0, 0.1) is 18.2 Å². The van der Waals surface area contributed by atoms with E-state index in [1.165, 1.54) is 28.9 Å². The summed E-state index contributed by atoms with van der Waals surface area (Å²) < 4.78 is 15.9. The van der Waals surface area contributed by atoms with E-state index in [0.29, 0.717) is 11.4 Å². The molecular weight excluding hydrogens is 375 g/mol. The van der Waals surface area contributed by atoms with Crippen molar-refractivity contribution in [1.29, 1.82) is 0 Å². The number of carbonyl (C=O) groups is 1. The van der Waals surface area contributed by atoms with Gasteiger partial charge >= 0.3 is 5.69 Å². The maximum atomic E-state index is 13.6. The van der Waals surface area contributed by atoms with Gasteiger partial charge in [-0.2, -0.15) is 0 Å². The Morgan fingerprint density at radius 1 is 1.48 bits per heavy atom. The summed E-state index contributed by atoms with van der Waals surface area (Å²) in [6.45, 7) is -0.363. The smallest absolute Gasteiger partial charge is 0.350 e. The predicted molar refractivity (Wildman–Crippen MR) is 97.9 cm³/mol. The van der Waals surface area contributed by atoms with Crippen molar-refractivity contribution in [2.24, 2.45) is 0 Å². The minimum absolute atomic E-state index is 0.0500. The van der Waals surface area contributed by atoms with Gasteiger partial charge in [-0.05, 0) is 17.7 Å². The number of rotatable bonds is 5. The average molecular weight is 389 g/mol. The highest BCUT2D eigenvalue weighted by atomic mass is 35.5. The van der Waals surface area contributed by atoms with Crippen molar-refractivity contribution in [2.75, 3.05) is 12.4 Å².